The van der Waals surface area contributed by atoms with E-state index in [4.69, 9.17) is 9.52 Å². The zero-order valence-corrected chi connectivity index (χ0v) is 12.8. The Morgan fingerprint density at radius 1 is 1.32 bits per heavy atom. The Bertz CT molecular complexity index is 755. The van der Waals surface area contributed by atoms with Gasteiger partial charge in [-0.3, -0.25) is 9.59 Å². The number of hydrogen-bond donors (Lipinski definition) is 2. The van der Waals surface area contributed by atoms with Gasteiger partial charge in [-0.15, -0.1) is 13.2 Å². The van der Waals surface area contributed by atoms with Crippen molar-refractivity contribution in [3.05, 3.63) is 47.7 Å². The molecule has 2 aromatic rings. The van der Waals surface area contributed by atoms with Crippen LogP contribution in [0.3, 0.4) is 0 Å². The van der Waals surface area contributed by atoms with Crippen LogP contribution in [0.5, 0.6) is 5.75 Å². The van der Waals surface area contributed by atoms with E-state index in [1.807, 2.05) is 0 Å². The van der Waals surface area contributed by atoms with Crippen LogP contribution in [0.15, 0.2) is 35.1 Å². The molecule has 0 saturated heterocycles. The minimum absolute atomic E-state index is 0.00702. The molecular weight excluding hydrogens is 345 g/mol. The lowest BCUT2D eigenvalue weighted by Gasteiger charge is -2.17. The number of aliphatic carboxylic acids is 1. The van der Waals surface area contributed by atoms with Gasteiger partial charge in [0.1, 0.15) is 11.5 Å². The zero-order chi connectivity index (χ0) is 18.6. The number of nitrogens with one attached hydrogen (secondary N) is 1. The van der Waals surface area contributed by atoms with E-state index in [1.165, 1.54) is 19.1 Å². The lowest BCUT2D eigenvalue weighted by molar-refractivity contribution is -0.274. The summed E-state index contributed by atoms with van der Waals surface area (Å²) in [4.78, 5) is 26.9. The first-order valence-electron chi connectivity index (χ1n) is 6.94. The summed E-state index contributed by atoms with van der Waals surface area (Å²) in [5.74, 6) is -2.06. The van der Waals surface area contributed by atoms with Gasteiger partial charge < -0.3 is 19.6 Å². The third kappa shape index (κ3) is 5.23. The Kier molecular flexibility index (Phi) is 5.30. The number of benzene rings is 1. The molecule has 7 nitrogen and oxygen atoms in total. The summed E-state index contributed by atoms with van der Waals surface area (Å²) in [6, 6.07) is 3.58. The number of aryl methyl sites for hydroxylation is 1. The number of amides is 1. The first kappa shape index (κ1) is 18.3. The molecule has 0 spiro atoms. The molecule has 2 N–H and O–H groups in total. The standard InChI is InChI=1S/C15H13F3N2O5/c1-8-13(19-7-24-8)14(23)20-11(6-12(21)22)9-2-4-10(5-3-9)25-15(16,17)18/h2-5,7,11H,6H2,1H3,(H,20,23)(H,21,22). The molecule has 25 heavy (non-hydrogen) atoms. The second-order valence-electron chi connectivity index (χ2n) is 5.00. The molecule has 10 heteroatoms. The number of carbonyl (C=O) groups is 2. The number of nitrogens with zero attached hydrogens (tertiary/aromatic N) is 1. The number of halogens is 3. The summed E-state index contributed by atoms with van der Waals surface area (Å²) >= 11 is 0. The van der Waals surface area contributed by atoms with E-state index in [9.17, 15) is 22.8 Å². The van der Waals surface area contributed by atoms with Crippen LogP contribution in [0, 0.1) is 6.92 Å². The minimum atomic E-state index is -4.83. The lowest BCUT2D eigenvalue weighted by Crippen LogP contribution is -2.30. The molecule has 1 aromatic heterocycles. The van der Waals surface area contributed by atoms with Crippen LogP contribution < -0.4 is 10.1 Å². The van der Waals surface area contributed by atoms with Crippen LogP contribution in [-0.4, -0.2) is 28.3 Å². The number of carboxylic acid groups (broad SMARTS) is 1. The fraction of sp³-hybridized carbons (Fsp3) is 0.267. The van der Waals surface area contributed by atoms with Crippen LogP contribution in [0.2, 0.25) is 0 Å². The number of carboxylic acids is 1. The van der Waals surface area contributed by atoms with E-state index >= 15 is 0 Å². The van der Waals surface area contributed by atoms with Crippen molar-refractivity contribution in [3.63, 3.8) is 0 Å². The molecule has 0 aliphatic heterocycles. The van der Waals surface area contributed by atoms with E-state index < -0.39 is 36.5 Å². The maximum absolute atomic E-state index is 12.2. The number of hydrogen-bond acceptors (Lipinski definition) is 5. The number of carbonyl (C=O) groups excluding carboxylic acids is 1. The maximum atomic E-state index is 12.2. The van der Waals surface area contributed by atoms with Crippen molar-refractivity contribution >= 4 is 11.9 Å². The Hall–Kier alpha value is -3.04. The largest absolute Gasteiger partial charge is 0.573 e. The van der Waals surface area contributed by atoms with E-state index in [2.05, 4.69) is 15.0 Å². The molecule has 0 aliphatic rings. The van der Waals surface area contributed by atoms with Crippen molar-refractivity contribution in [1.29, 1.82) is 0 Å². The fourth-order valence-electron chi connectivity index (χ4n) is 2.08. The van der Waals surface area contributed by atoms with Gasteiger partial charge in [-0.05, 0) is 24.6 Å². The van der Waals surface area contributed by atoms with E-state index in [-0.39, 0.29) is 11.5 Å². The van der Waals surface area contributed by atoms with E-state index in [0.29, 0.717) is 5.56 Å². The second-order valence-corrected chi connectivity index (χ2v) is 5.00. The molecule has 2 rings (SSSR count). The first-order chi connectivity index (χ1) is 11.7. The predicted molar refractivity (Wildman–Crippen MR) is 76.8 cm³/mol. The van der Waals surface area contributed by atoms with Gasteiger partial charge in [0.2, 0.25) is 0 Å². The molecule has 1 unspecified atom stereocenters. The van der Waals surface area contributed by atoms with Gasteiger partial charge in [-0.2, -0.15) is 0 Å². The summed E-state index contributed by atoms with van der Waals surface area (Å²) in [6.45, 7) is 1.51. The summed E-state index contributed by atoms with van der Waals surface area (Å²) < 4.78 is 45.2. The smallest absolute Gasteiger partial charge is 0.481 e. The average molecular weight is 358 g/mol. The number of aromatic nitrogens is 1. The summed E-state index contributed by atoms with van der Waals surface area (Å²) in [7, 11) is 0. The van der Waals surface area contributed by atoms with Gasteiger partial charge in [0.05, 0.1) is 12.5 Å². The highest BCUT2D eigenvalue weighted by Gasteiger charge is 2.31. The summed E-state index contributed by atoms with van der Waals surface area (Å²) in [6.07, 6.45) is -4.23. The first-order valence-corrected chi connectivity index (χ1v) is 6.94. The Labute approximate surface area is 139 Å². The van der Waals surface area contributed by atoms with Gasteiger partial charge >= 0.3 is 12.3 Å². The van der Waals surface area contributed by atoms with Crippen LogP contribution in [-0.2, 0) is 4.79 Å². The summed E-state index contributed by atoms with van der Waals surface area (Å²) in [5, 5.41) is 11.5. The molecule has 0 bridgehead atoms. The molecule has 1 aromatic carbocycles. The number of oxazole rings is 1. The fourth-order valence-corrected chi connectivity index (χ4v) is 2.08. The van der Waals surface area contributed by atoms with E-state index in [0.717, 1.165) is 18.5 Å². The van der Waals surface area contributed by atoms with Crippen molar-refractivity contribution in [2.75, 3.05) is 0 Å². The van der Waals surface area contributed by atoms with Gasteiger partial charge in [0, 0.05) is 0 Å². The maximum Gasteiger partial charge on any atom is 0.573 e. The highest BCUT2D eigenvalue weighted by molar-refractivity contribution is 5.93. The molecule has 134 valence electrons. The van der Waals surface area contributed by atoms with Crippen LogP contribution >= 0.6 is 0 Å². The highest BCUT2D eigenvalue weighted by atomic mass is 19.4. The molecule has 1 heterocycles. The van der Waals surface area contributed by atoms with Gasteiger partial charge in [-0.25, -0.2) is 4.98 Å². The van der Waals surface area contributed by atoms with Gasteiger partial charge in [0.15, 0.2) is 12.1 Å². The third-order valence-electron chi connectivity index (χ3n) is 3.16. The molecule has 0 aliphatic carbocycles. The van der Waals surface area contributed by atoms with Crippen molar-refractivity contribution in [1.82, 2.24) is 10.3 Å². The topological polar surface area (TPSA) is 102 Å². The Balaban J connectivity index is 2.18. The second kappa shape index (κ2) is 7.24. The van der Waals surface area contributed by atoms with Crippen LogP contribution in [0.1, 0.15) is 34.3 Å². The van der Waals surface area contributed by atoms with Crippen molar-refractivity contribution in [3.8, 4) is 5.75 Å². The van der Waals surface area contributed by atoms with Gasteiger partial charge in [-0.1, -0.05) is 12.1 Å². The molecule has 1 atom stereocenters. The van der Waals surface area contributed by atoms with Crippen molar-refractivity contribution in [2.45, 2.75) is 25.7 Å². The molecular formula is C15H13F3N2O5. The number of ether oxygens (including phenoxy) is 1. The quantitative estimate of drug-likeness (QED) is 0.823. The predicted octanol–water partition coefficient (Wildman–Crippen LogP) is 2.83. The monoisotopic (exact) mass is 358 g/mol. The average Bonchev–Trinajstić information content (AvgIpc) is 2.91. The SMILES string of the molecule is Cc1ocnc1C(=O)NC(CC(=O)O)c1ccc(OC(F)(F)F)cc1. The molecule has 0 radical (unpaired) electrons. The Morgan fingerprint density at radius 3 is 2.44 bits per heavy atom. The molecule has 0 saturated carbocycles. The molecule has 0 fully saturated rings. The number of alkyl halides is 3. The lowest BCUT2D eigenvalue weighted by atomic mass is 10.0. The third-order valence-corrected chi connectivity index (χ3v) is 3.16. The minimum Gasteiger partial charge on any atom is -0.481 e. The van der Waals surface area contributed by atoms with Crippen molar-refractivity contribution in [2.24, 2.45) is 0 Å². The normalized spacial score (nSPS) is 12.5. The number of rotatable bonds is 6. The zero-order valence-electron chi connectivity index (χ0n) is 12.8. The Morgan fingerprint density at radius 2 is 1.96 bits per heavy atom. The van der Waals surface area contributed by atoms with Crippen LogP contribution in [0.4, 0.5) is 13.2 Å². The van der Waals surface area contributed by atoms with Crippen LogP contribution in [0.25, 0.3) is 0 Å². The van der Waals surface area contributed by atoms with Gasteiger partial charge in [0.25, 0.3) is 5.91 Å². The summed E-state index contributed by atoms with van der Waals surface area (Å²) in [5.41, 5.74) is 0.291. The van der Waals surface area contributed by atoms with Crippen molar-refractivity contribution < 1.29 is 37.0 Å². The molecule has 1 amide bonds. The van der Waals surface area contributed by atoms with E-state index in [1.54, 1.807) is 0 Å². The highest BCUT2D eigenvalue weighted by Crippen LogP contribution is 2.25.